The number of nitrogens with zero attached hydrogens (tertiary/aromatic N) is 4. The molecule has 4 aromatic rings. The molecular weight excluding hydrogens is 617 g/mol. The molecule has 0 spiro atoms. The predicted octanol–water partition coefficient (Wildman–Crippen LogP) is 4.86. The third-order valence-corrected chi connectivity index (χ3v) is 6.34. The molecule has 19 heteroatoms. The lowest BCUT2D eigenvalue weighted by molar-refractivity contribution is -0.138. The molecule has 236 valence electrons. The van der Waals surface area contributed by atoms with E-state index in [1.54, 1.807) is 5.10 Å². The van der Waals surface area contributed by atoms with E-state index >= 15 is 4.39 Å². The Morgan fingerprint density at radius 1 is 1.09 bits per heavy atom. The Bertz CT molecular complexity index is 1780. The van der Waals surface area contributed by atoms with E-state index in [4.69, 9.17) is 5.73 Å². The van der Waals surface area contributed by atoms with Crippen molar-refractivity contribution in [3.05, 3.63) is 74.2 Å². The van der Waals surface area contributed by atoms with Crippen molar-refractivity contribution in [2.24, 2.45) is 0 Å². The average molecular weight is 637 g/mol. The van der Waals surface area contributed by atoms with Gasteiger partial charge in [0, 0.05) is 25.0 Å². The van der Waals surface area contributed by atoms with Crippen molar-refractivity contribution in [1.29, 1.82) is 0 Å². The molecule has 0 fully saturated rings. The number of aromatic amines is 1. The molecule has 1 atom stereocenters. The molecule has 0 saturated carbocycles. The number of pyridine rings is 1. The largest absolute Gasteiger partial charge is 0.423 e. The number of H-pyrrole nitrogens is 1. The zero-order chi connectivity index (χ0) is 32.3. The topological polar surface area (TPSA) is 141 Å². The first-order valence-corrected chi connectivity index (χ1v) is 12.4. The second-order valence-corrected chi connectivity index (χ2v) is 9.23. The average Bonchev–Trinajstić information content (AvgIpc) is 2.93. The highest BCUT2D eigenvalue weighted by Crippen LogP contribution is 2.32. The molecule has 0 saturated heterocycles. The lowest BCUT2D eigenvalue weighted by Crippen LogP contribution is -2.32. The van der Waals surface area contributed by atoms with Crippen LogP contribution in [0, 0.1) is 11.6 Å². The van der Waals surface area contributed by atoms with Crippen LogP contribution >= 0.6 is 0 Å². The highest BCUT2D eigenvalue weighted by atomic mass is 19.4. The number of rotatable bonds is 11. The predicted molar refractivity (Wildman–Crippen MR) is 137 cm³/mol. The first kappa shape index (κ1) is 32.2. The number of aryl methyl sites for hydroxylation is 1. The van der Waals surface area contributed by atoms with Crippen molar-refractivity contribution in [2.45, 2.75) is 44.6 Å². The van der Waals surface area contributed by atoms with Gasteiger partial charge in [0.2, 0.25) is 0 Å². The zero-order valence-corrected chi connectivity index (χ0v) is 21.9. The maximum atomic E-state index is 15.1. The highest BCUT2D eigenvalue weighted by Gasteiger charge is 2.38. The molecule has 44 heavy (non-hydrogen) atoms. The van der Waals surface area contributed by atoms with E-state index in [2.05, 4.69) is 25.1 Å². The summed E-state index contributed by atoms with van der Waals surface area (Å²) in [6.07, 6.45) is -5.89. The smallest absolute Gasteiger partial charge is 0.383 e. The van der Waals surface area contributed by atoms with Gasteiger partial charge < -0.3 is 20.4 Å². The first-order chi connectivity index (χ1) is 20.7. The number of benzene rings is 1. The summed E-state index contributed by atoms with van der Waals surface area (Å²) in [5.41, 5.74) is -0.830. The Morgan fingerprint density at radius 3 is 2.45 bits per heavy atom. The second kappa shape index (κ2) is 12.9. The maximum Gasteiger partial charge on any atom is 0.423 e. The minimum absolute atomic E-state index is 0.0700. The SMILES string of the molecule is Nc1nc(-c2cc3ccn(CCC[C@H](COC(F)F)Nc4cn[nH]c(=O)c4C(F)(F)F)c(=O)c3c(F)c2F)ncc1C(F)F. The molecule has 0 aliphatic rings. The summed E-state index contributed by atoms with van der Waals surface area (Å²) in [6, 6.07) is 1.02. The van der Waals surface area contributed by atoms with Gasteiger partial charge in [-0.1, -0.05) is 0 Å². The molecule has 0 aliphatic carbocycles. The van der Waals surface area contributed by atoms with Crippen molar-refractivity contribution in [2.75, 3.05) is 17.7 Å². The number of hydrogen-bond donors (Lipinski definition) is 3. The fraction of sp³-hybridized carbons (Fsp3) is 0.320. The van der Waals surface area contributed by atoms with Crippen LogP contribution in [0.5, 0.6) is 0 Å². The highest BCUT2D eigenvalue weighted by molar-refractivity contribution is 5.86. The molecule has 0 aliphatic heterocycles. The van der Waals surface area contributed by atoms with E-state index < -0.39 is 94.0 Å². The molecule has 4 N–H and O–H groups in total. The molecule has 1 aromatic carbocycles. The number of anilines is 2. The van der Waals surface area contributed by atoms with Gasteiger partial charge in [-0.15, -0.1) is 0 Å². The molecule has 3 aromatic heterocycles. The number of nitrogens with one attached hydrogen (secondary N) is 2. The number of halogens is 9. The molecule has 0 bridgehead atoms. The third kappa shape index (κ3) is 6.92. The van der Waals surface area contributed by atoms with E-state index in [-0.39, 0.29) is 24.8 Å². The van der Waals surface area contributed by atoms with Crippen LogP contribution in [0.25, 0.3) is 22.2 Å². The van der Waals surface area contributed by atoms with Crippen LogP contribution in [0.2, 0.25) is 0 Å². The number of aromatic nitrogens is 5. The fourth-order valence-electron chi connectivity index (χ4n) is 4.32. The van der Waals surface area contributed by atoms with E-state index in [0.717, 1.165) is 10.6 Å². The van der Waals surface area contributed by atoms with Gasteiger partial charge in [-0.25, -0.2) is 32.6 Å². The maximum absolute atomic E-state index is 15.1. The second-order valence-electron chi connectivity index (χ2n) is 9.23. The Hall–Kier alpha value is -4.68. The molecule has 0 unspecified atom stereocenters. The monoisotopic (exact) mass is 637 g/mol. The minimum atomic E-state index is -5.11. The molecule has 0 amide bonds. The van der Waals surface area contributed by atoms with E-state index in [1.807, 2.05) is 0 Å². The quantitative estimate of drug-likeness (QED) is 0.198. The van der Waals surface area contributed by atoms with Gasteiger partial charge in [-0.05, 0) is 30.4 Å². The summed E-state index contributed by atoms with van der Waals surface area (Å²) in [5.74, 6) is -4.32. The van der Waals surface area contributed by atoms with Gasteiger partial charge >= 0.3 is 12.8 Å². The molecule has 4 rings (SSSR count). The van der Waals surface area contributed by atoms with Gasteiger partial charge in [-0.3, -0.25) is 9.59 Å². The van der Waals surface area contributed by atoms with Crippen molar-refractivity contribution < 1.29 is 44.3 Å². The number of nitrogens with two attached hydrogens (primary N) is 1. The van der Waals surface area contributed by atoms with Gasteiger partial charge in [0.05, 0.1) is 35.0 Å². The van der Waals surface area contributed by atoms with Gasteiger partial charge in [0.1, 0.15) is 11.4 Å². The molecular formula is C25H20F9N7O3. The Morgan fingerprint density at radius 2 is 1.82 bits per heavy atom. The van der Waals surface area contributed by atoms with Crippen molar-refractivity contribution >= 4 is 22.3 Å². The van der Waals surface area contributed by atoms with E-state index in [9.17, 15) is 44.7 Å². The van der Waals surface area contributed by atoms with Crippen LogP contribution in [0.4, 0.5) is 51.0 Å². The van der Waals surface area contributed by atoms with Gasteiger partial charge in [0.25, 0.3) is 17.5 Å². The summed E-state index contributed by atoms with van der Waals surface area (Å²) in [5, 5.41) is 6.44. The number of hydrogen-bond acceptors (Lipinski definition) is 8. The van der Waals surface area contributed by atoms with Crippen molar-refractivity contribution in [1.82, 2.24) is 24.7 Å². The molecule has 10 nitrogen and oxygen atoms in total. The summed E-state index contributed by atoms with van der Waals surface area (Å²) in [4.78, 5) is 31.9. The van der Waals surface area contributed by atoms with Crippen molar-refractivity contribution in [3.8, 4) is 11.4 Å². The zero-order valence-electron chi connectivity index (χ0n) is 21.9. The first-order valence-electron chi connectivity index (χ1n) is 12.4. The van der Waals surface area contributed by atoms with Crippen LogP contribution in [0.1, 0.15) is 30.4 Å². The van der Waals surface area contributed by atoms with Crippen LogP contribution in [0.3, 0.4) is 0 Å². The Kier molecular flexibility index (Phi) is 9.45. The Balaban J connectivity index is 1.58. The number of nitrogen functional groups attached to an aromatic ring is 1. The van der Waals surface area contributed by atoms with Crippen LogP contribution in [0.15, 0.2) is 40.3 Å². The van der Waals surface area contributed by atoms with Crippen LogP contribution < -0.4 is 22.2 Å². The molecule has 3 heterocycles. The van der Waals surface area contributed by atoms with E-state index in [0.29, 0.717) is 12.4 Å². The summed E-state index contributed by atoms with van der Waals surface area (Å²) >= 11 is 0. The minimum Gasteiger partial charge on any atom is -0.383 e. The Labute approximate surface area is 239 Å². The summed E-state index contributed by atoms with van der Waals surface area (Å²) in [6.45, 7) is -4.30. The number of fused-ring (bicyclic) bond motifs is 1. The lowest BCUT2D eigenvalue weighted by atomic mass is 10.1. The number of ether oxygens (including phenoxy) is 1. The van der Waals surface area contributed by atoms with Crippen molar-refractivity contribution in [3.63, 3.8) is 0 Å². The van der Waals surface area contributed by atoms with Crippen LogP contribution in [-0.4, -0.2) is 44.0 Å². The lowest BCUT2D eigenvalue weighted by Gasteiger charge is -2.22. The summed E-state index contributed by atoms with van der Waals surface area (Å²) < 4.78 is 127. The normalized spacial score (nSPS) is 12.8. The third-order valence-electron chi connectivity index (χ3n) is 6.34. The van der Waals surface area contributed by atoms with Gasteiger partial charge in [0.15, 0.2) is 17.5 Å². The summed E-state index contributed by atoms with van der Waals surface area (Å²) in [7, 11) is 0. The fourth-order valence-corrected chi connectivity index (χ4v) is 4.32. The van der Waals surface area contributed by atoms with E-state index in [1.165, 1.54) is 12.3 Å². The number of alkyl halides is 7. The van der Waals surface area contributed by atoms with Crippen LogP contribution in [-0.2, 0) is 17.5 Å². The van der Waals surface area contributed by atoms with Gasteiger partial charge in [-0.2, -0.15) is 27.1 Å². The standard InChI is InChI=1S/C25H20F9N7O3/c26-17-12(21-36-7-13(19(28)29)20(35)39-21)6-10-3-5-41(23(43)15(10)18(17)27)4-1-2-11(9-44-24(30)31)38-14-8-37-40-22(42)16(14)25(32,33)34/h3,5-8,11,19,24H,1-2,4,9H2,(H2,35,36,39)(H2,38,40,42)/t11-/m1/s1. The molecule has 0 radical (unpaired) electrons.